The van der Waals surface area contributed by atoms with Gasteiger partial charge in [-0.05, 0) is 70.3 Å². The highest BCUT2D eigenvalue weighted by Gasteiger charge is 2.31. The minimum absolute atomic E-state index is 0.0123. The predicted octanol–water partition coefficient (Wildman–Crippen LogP) is 4.89. The number of ether oxygens (including phenoxy) is 1. The zero-order valence-electron chi connectivity index (χ0n) is 23.2. The van der Waals surface area contributed by atoms with Gasteiger partial charge >= 0.3 is 5.97 Å². The van der Waals surface area contributed by atoms with Crippen molar-refractivity contribution in [2.75, 3.05) is 26.7 Å². The molecule has 4 aromatic rings. The Kier molecular flexibility index (Phi) is 7.33. The molecule has 0 spiro atoms. The number of carboxylic acid groups (broad SMARTS) is 1. The Hall–Kier alpha value is -4.05. The van der Waals surface area contributed by atoms with Gasteiger partial charge in [0.25, 0.3) is 5.56 Å². The summed E-state index contributed by atoms with van der Waals surface area (Å²) in [5, 5.41) is 14.8. The van der Waals surface area contributed by atoms with Crippen molar-refractivity contribution in [1.29, 1.82) is 0 Å². The third kappa shape index (κ3) is 5.01. The number of likely N-dealkylation sites (tertiary alicyclic amines) is 1. The first-order valence-electron chi connectivity index (χ1n) is 14.1. The summed E-state index contributed by atoms with van der Waals surface area (Å²) in [5.41, 5.74) is 3.66. The molecule has 0 radical (unpaired) electrons. The van der Waals surface area contributed by atoms with E-state index in [1.807, 2.05) is 13.0 Å². The molecule has 2 aromatic heterocycles. The molecule has 214 valence electrons. The number of carbonyl (C=O) groups is 1. The van der Waals surface area contributed by atoms with Gasteiger partial charge in [-0.2, -0.15) is 0 Å². The summed E-state index contributed by atoms with van der Waals surface area (Å²) in [7, 11) is 1.47. The van der Waals surface area contributed by atoms with Crippen molar-refractivity contribution >= 4 is 16.9 Å². The fraction of sp³-hybridized carbons (Fsp3) is 0.419. The van der Waals surface area contributed by atoms with Crippen molar-refractivity contribution in [2.24, 2.45) is 0 Å². The van der Waals surface area contributed by atoms with E-state index < -0.39 is 5.97 Å². The van der Waals surface area contributed by atoms with Gasteiger partial charge in [0.2, 0.25) is 0 Å². The summed E-state index contributed by atoms with van der Waals surface area (Å²) in [4.78, 5) is 32.8. The topological polar surface area (TPSA) is 111 Å². The van der Waals surface area contributed by atoms with Crippen LogP contribution >= 0.6 is 0 Å². The number of rotatable bonds is 7. The van der Waals surface area contributed by atoms with Gasteiger partial charge in [0.15, 0.2) is 5.58 Å². The minimum atomic E-state index is -1.05. The van der Waals surface area contributed by atoms with E-state index in [4.69, 9.17) is 14.2 Å². The standard InChI is InChI=1S/C31H33FN4O5/c1-18-21(12-16-35-14-10-19(11-15-35)27-24-9-8-20(32)17-26(24)41-34-27)30(37)36-13-4-7-23(29(36)33-18)22-5-3-6-25(31(38)39)28(22)40-2/h3,5-6,8-9,17,19,23H,4,7,10-16H2,1-2H3,(H,38,39). The number of hydrogen-bond donors (Lipinski definition) is 1. The lowest BCUT2D eigenvalue weighted by molar-refractivity contribution is 0.0693. The molecule has 1 fully saturated rings. The van der Waals surface area contributed by atoms with Gasteiger partial charge in [0.05, 0.1) is 12.8 Å². The lowest BCUT2D eigenvalue weighted by Gasteiger charge is -2.31. The van der Waals surface area contributed by atoms with Crippen LogP contribution in [0.25, 0.3) is 11.0 Å². The lowest BCUT2D eigenvalue weighted by atomic mass is 9.88. The second-order valence-electron chi connectivity index (χ2n) is 11.0. The molecule has 41 heavy (non-hydrogen) atoms. The molecule has 2 aliphatic heterocycles. The number of benzene rings is 2. The average Bonchev–Trinajstić information content (AvgIpc) is 3.39. The summed E-state index contributed by atoms with van der Waals surface area (Å²) >= 11 is 0. The van der Waals surface area contributed by atoms with Gasteiger partial charge in [0.1, 0.15) is 23.0 Å². The second-order valence-corrected chi connectivity index (χ2v) is 11.0. The number of para-hydroxylation sites is 1. The van der Waals surface area contributed by atoms with Crippen LogP contribution in [-0.2, 0) is 13.0 Å². The third-order valence-corrected chi connectivity index (χ3v) is 8.65. The van der Waals surface area contributed by atoms with Gasteiger partial charge in [-0.25, -0.2) is 14.2 Å². The maximum atomic E-state index is 13.7. The van der Waals surface area contributed by atoms with Crippen molar-refractivity contribution < 1.29 is 23.6 Å². The molecule has 0 aliphatic carbocycles. The fourth-order valence-electron chi connectivity index (χ4n) is 6.52. The first-order chi connectivity index (χ1) is 19.9. The Morgan fingerprint density at radius 1 is 1.17 bits per heavy atom. The number of aromatic carboxylic acids is 1. The van der Waals surface area contributed by atoms with Crippen molar-refractivity contribution in [3.05, 3.63) is 86.5 Å². The van der Waals surface area contributed by atoms with Gasteiger partial charge in [0, 0.05) is 53.2 Å². The Bertz CT molecular complexity index is 1670. The Morgan fingerprint density at radius 2 is 1.98 bits per heavy atom. The quantitative estimate of drug-likeness (QED) is 0.340. The molecular formula is C31H33FN4O5. The molecule has 2 aliphatic rings. The van der Waals surface area contributed by atoms with Crippen LogP contribution in [0.15, 0.2) is 45.7 Å². The highest BCUT2D eigenvalue weighted by atomic mass is 19.1. The van der Waals surface area contributed by atoms with E-state index in [2.05, 4.69) is 10.1 Å². The van der Waals surface area contributed by atoms with Gasteiger partial charge in [-0.3, -0.25) is 9.36 Å². The first-order valence-corrected chi connectivity index (χ1v) is 14.1. The molecular weight excluding hydrogens is 527 g/mol. The molecule has 10 heteroatoms. The monoisotopic (exact) mass is 560 g/mol. The van der Waals surface area contributed by atoms with Gasteiger partial charge in [-0.1, -0.05) is 17.3 Å². The van der Waals surface area contributed by atoms with E-state index in [1.54, 1.807) is 16.7 Å². The van der Waals surface area contributed by atoms with Crippen LogP contribution in [-0.4, -0.2) is 57.4 Å². The molecule has 4 heterocycles. The third-order valence-electron chi connectivity index (χ3n) is 8.65. The summed E-state index contributed by atoms with van der Waals surface area (Å²) in [6.45, 7) is 4.99. The van der Waals surface area contributed by atoms with Crippen LogP contribution < -0.4 is 10.3 Å². The fourth-order valence-corrected chi connectivity index (χ4v) is 6.52. The molecule has 1 N–H and O–H groups in total. The first kappa shape index (κ1) is 27.1. The zero-order chi connectivity index (χ0) is 28.7. The summed E-state index contributed by atoms with van der Waals surface area (Å²) in [5.74, 6) is -0.357. The van der Waals surface area contributed by atoms with E-state index in [9.17, 15) is 19.1 Å². The normalized spacial score (nSPS) is 18.0. The van der Waals surface area contributed by atoms with Crippen molar-refractivity contribution in [3.63, 3.8) is 0 Å². The number of fused-ring (bicyclic) bond motifs is 2. The maximum Gasteiger partial charge on any atom is 0.339 e. The van der Waals surface area contributed by atoms with E-state index >= 15 is 0 Å². The molecule has 9 nitrogen and oxygen atoms in total. The molecule has 2 aromatic carbocycles. The summed E-state index contributed by atoms with van der Waals surface area (Å²) < 4.78 is 26.2. The number of hydrogen-bond acceptors (Lipinski definition) is 7. The van der Waals surface area contributed by atoms with Crippen LogP contribution in [0.2, 0.25) is 0 Å². The molecule has 1 saturated heterocycles. The highest BCUT2D eigenvalue weighted by molar-refractivity contribution is 5.91. The Labute approximate surface area is 236 Å². The van der Waals surface area contributed by atoms with Crippen LogP contribution in [0.4, 0.5) is 4.39 Å². The van der Waals surface area contributed by atoms with E-state index in [0.29, 0.717) is 30.1 Å². The number of nitrogens with zero attached hydrogens (tertiary/aromatic N) is 4. The second kappa shape index (κ2) is 11.1. The molecule has 0 bridgehead atoms. The van der Waals surface area contributed by atoms with Gasteiger partial charge < -0.3 is 19.3 Å². The average molecular weight is 561 g/mol. The SMILES string of the molecule is COc1c(C(=O)O)cccc1C1CCCn2c1nc(C)c(CCN1CCC(c3noc4cc(F)ccc34)CC1)c2=O. The zero-order valence-corrected chi connectivity index (χ0v) is 23.2. The molecule has 0 amide bonds. The smallest absolute Gasteiger partial charge is 0.339 e. The number of aryl methyl sites for hydroxylation is 1. The number of piperidine rings is 1. The van der Waals surface area contributed by atoms with Crippen LogP contribution in [0.1, 0.15) is 76.2 Å². The molecule has 0 saturated carbocycles. The van der Waals surface area contributed by atoms with E-state index in [-0.39, 0.29) is 28.8 Å². The lowest BCUT2D eigenvalue weighted by Crippen LogP contribution is -2.38. The maximum absolute atomic E-state index is 13.7. The van der Waals surface area contributed by atoms with Crippen molar-refractivity contribution in [1.82, 2.24) is 19.6 Å². The largest absolute Gasteiger partial charge is 0.496 e. The number of aromatic nitrogens is 3. The predicted molar refractivity (Wildman–Crippen MR) is 150 cm³/mol. The van der Waals surface area contributed by atoms with Crippen LogP contribution in [0, 0.1) is 12.7 Å². The molecule has 1 atom stereocenters. The Morgan fingerprint density at radius 3 is 2.73 bits per heavy atom. The Balaban J connectivity index is 1.17. The number of halogens is 1. The van der Waals surface area contributed by atoms with Crippen LogP contribution in [0.5, 0.6) is 5.75 Å². The minimum Gasteiger partial charge on any atom is -0.496 e. The van der Waals surface area contributed by atoms with E-state index in [0.717, 1.165) is 73.2 Å². The number of methoxy groups -OCH3 is 1. The van der Waals surface area contributed by atoms with Crippen molar-refractivity contribution in [3.8, 4) is 5.75 Å². The summed E-state index contributed by atoms with van der Waals surface area (Å²) in [6.07, 6.45) is 3.99. The number of carboxylic acids is 1. The molecule has 1 unspecified atom stereocenters. The van der Waals surface area contributed by atoms with Crippen molar-refractivity contribution in [2.45, 2.75) is 57.4 Å². The van der Waals surface area contributed by atoms with E-state index in [1.165, 1.54) is 25.3 Å². The van der Waals surface area contributed by atoms with Crippen LogP contribution in [0.3, 0.4) is 0 Å². The molecule has 6 rings (SSSR count). The highest BCUT2D eigenvalue weighted by Crippen LogP contribution is 2.39. The summed E-state index contributed by atoms with van der Waals surface area (Å²) in [6, 6.07) is 9.67. The van der Waals surface area contributed by atoms with Gasteiger partial charge in [-0.15, -0.1) is 0 Å².